The number of aromatic nitrogens is 4. The molecule has 0 atom stereocenters. The number of aromatic amines is 1. The van der Waals surface area contributed by atoms with Crippen LogP contribution in [0.5, 0.6) is 5.88 Å². The largest absolute Gasteiger partial charge is 0.481 e. The zero-order valence-electron chi connectivity index (χ0n) is 9.39. The van der Waals surface area contributed by atoms with Crippen molar-refractivity contribution in [2.24, 2.45) is 0 Å². The van der Waals surface area contributed by atoms with Crippen LogP contribution in [-0.2, 0) is 0 Å². The van der Waals surface area contributed by atoms with Crippen LogP contribution in [0, 0.1) is 6.92 Å². The Morgan fingerprint density at radius 1 is 1.29 bits per heavy atom. The second-order valence-corrected chi connectivity index (χ2v) is 4.79. The summed E-state index contributed by atoms with van der Waals surface area (Å²) in [5.41, 5.74) is 1.55. The third-order valence-corrected chi connectivity index (χ3v) is 3.30. The Bertz CT molecular complexity index is 673. The van der Waals surface area contributed by atoms with Gasteiger partial charge >= 0.3 is 0 Å². The fourth-order valence-electron chi connectivity index (χ4n) is 1.58. The minimum atomic E-state index is 0.566. The second kappa shape index (κ2) is 3.81. The van der Waals surface area contributed by atoms with Crippen molar-refractivity contribution in [3.8, 4) is 16.6 Å². The molecule has 0 fully saturated rings. The van der Waals surface area contributed by atoms with E-state index in [1.165, 1.54) is 0 Å². The number of hydrogen-bond donors (Lipinski definition) is 1. The predicted octanol–water partition coefficient (Wildman–Crippen LogP) is 2.40. The van der Waals surface area contributed by atoms with Crippen LogP contribution >= 0.6 is 11.3 Å². The lowest BCUT2D eigenvalue weighted by molar-refractivity contribution is 0.399. The molecule has 0 amide bonds. The summed E-state index contributed by atoms with van der Waals surface area (Å²) >= 11 is 1.60. The average Bonchev–Trinajstić information content (AvgIpc) is 2.93. The maximum atomic E-state index is 5.07. The van der Waals surface area contributed by atoms with E-state index in [1.54, 1.807) is 18.4 Å². The smallest absolute Gasteiger partial charge is 0.215 e. The SMILES string of the molecule is COc1ccc2[nH]c(-c3cnc(C)s3)nc2n1. The molecule has 0 aliphatic heterocycles. The highest BCUT2D eigenvalue weighted by Gasteiger charge is 2.09. The van der Waals surface area contributed by atoms with Crippen LogP contribution in [0.3, 0.4) is 0 Å². The molecule has 0 radical (unpaired) electrons. The molecule has 3 aromatic rings. The first-order valence-electron chi connectivity index (χ1n) is 5.10. The topological polar surface area (TPSA) is 63.7 Å². The van der Waals surface area contributed by atoms with E-state index in [0.717, 1.165) is 21.2 Å². The van der Waals surface area contributed by atoms with Crippen molar-refractivity contribution in [3.05, 3.63) is 23.3 Å². The number of thiazole rings is 1. The van der Waals surface area contributed by atoms with Crippen LogP contribution in [0.1, 0.15) is 5.01 Å². The van der Waals surface area contributed by atoms with Gasteiger partial charge in [0.05, 0.1) is 22.5 Å². The molecular formula is C11H10N4OS. The third kappa shape index (κ3) is 1.76. The van der Waals surface area contributed by atoms with Crippen molar-refractivity contribution in [3.63, 3.8) is 0 Å². The molecule has 1 N–H and O–H groups in total. The summed E-state index contributed by atoms with van der Waals surface area (Å²) < 4.78 is 5.07. The number of imidazole rings is 1. The van der Waals surface area contributed by atoms with Crippen LogP contribution in [-0.4, -0.2) is 27.0 Å². The van der Waals surface area contributed by atoms with E-state index in [2.05, 4.69) is 19.9 Å². The minimum absolute atomic E-state index is 0.566. The van der Waals surface area contributed by atoms with Crippen molar-refractivity contribution < 1.29 is 4.74 Å². The number of hydrogen-bond acceptors (Lipinski definition) is 5. The standard InChI is InChI=1S/C11H10N4OS/c1-6-12-5-8(17-6)11-13-7-3-4-9(16-2)14-10(7)15-11/h3-5H,1-2H3,(H,13,14,15). The molecule has 86 valence electrons. The Labute approximate surface area is 102 Å². The lowest BCUT2D eigenvalue weighted by Gasteiger charge is -1.95. The summed E-state index contributed by atoms with van der Waals surface area (Å²) in [4.78, 5) is 17.1. The molecule has 0 saturated carbocycles. The van der Waals surface area contributed by atoms with Crippen LogP contribution < -0.4 is 4.74 Å². The molecule has 0 aromatic carbocycles. The van der Waals surface area contributed by atoms with E-state index in [1.807, 2.05) is 25.3 Å². The first-order chi connectivity index (χ1) is 8.26. The molecule has 0 unspecified atom stereocenters. The van der Waals surface area contributed by atoms with E-state index in [-0.39, 0.29) is 0 Å². The number of nitrogens with zero attached hydrogens (tertiary/aromatic N) is 3. The molecule has 6 heteroatoms. The Hall–Kier alpha value is -1.95. The Morgan fingerprint density at radius 3 is 2.88 bits per heavy atom. The van der Waals surface area contributed by atoms with Crippen LogP contribution in [0.4, 0.5) is 0 Å². The van der Waals surface area contributed by atoms with Gasteiger partial charge in [0.2, 0.25) is 5.88 Å². The number of rotatable bonds is 2. The van der Waals surface area contributed by atoms with Crippen LogP contribution in [0.25, 0.3) is 21.9 Å². The molecule has 5 nitrogen and oxygen atoms in total. The molecule has 3 heterocycles. The lowest BCUT2D eigenvalue weighted by atomic mass is 10.4. The van der Waals surface area contributed by atoms with E-state index >= 15 is 0 Å². The summed E-state index contributed by atoms with van der Waals surface area (Å²) in [6, 6.07) is 3.72. The van der Waals surface area contributed by atoms with E-state index in [9.17, 15) is 0 Å². The van der Waals surface area contributed by atoms with Crippen molar-refractivity contribution in [1.29, 1.82) is 0 Å². The second-order valence-electron chi connectivity index (χ2n) is 3.55. The molecule has 0 saturated heterocycles. The van der Waals surface area contributed by atoms with Gasteiger partial charge in [-0.3, -0.25) is 0 Å². The summed E-state index contributed by atoms with van der Waals surface area (Å²) in [6.07, 6.45) is 1.81. The molecule has 0 spiro atoms. The Balaban J connectivity index is 2.13. The fraction of sp³-hybridized carbons (Fsp3) is 0.182. The van der Waals surface area contributed by atoms with Gasteiger partial charge in [0.1, 0.15) is 0 Å². The Kier molecular flexibility index (Phi) is 2.29. The molecule has 0 aliphatic carbocycles. The third-order valence-electron chi connectivity index (χ3n) is 2.38. The van der Waals surface area contributed by atoms with Crippen molar-refractivity contribution in [1.82, 2.24) is 19.9 Å². The van der Waals surface area contributed by atoms with Gasteiger partial charge in [0.25, 0.3) is 0 Å². The van der Waals surface area contributed by atoms with Crippen molar-refractivity contribution >= 4 is 22.5 Å². The normalized spacial score (nSPS) is 10.9. The van der Waals surface area contributed by atoms with Gasteiger partial charge in [0.15, 0.2) is 11.5 Å². The highest BCUT2D eigenvalue weighted by Crippen LogP contribution is 2.25. The van der Waals surface area contributed by atoms with Crippen LogP contribution in [0.15, 0.2) is 18.3 Å². The molecule has 17 heavy (non-hydrogen) atoms. The van der Waals surface area contributed by atoms with Gasteiger partial charge in [0, 0.05) is 12.3 Å². The van der Waals surface area contributed by atoms with Gasteiger partial charge in [-0.05, 0) is 13.0 Å². The maximum Gasteiger partial charge on any atom is 0.215 e. The van der Waals surface area contributed by atoms with E-state index in [4.69, 9.17) is 4.74 Å². The number of ether oxygens (including phenoxy) is 1. The summed E-state index contributed by atoms with van der Waals surface area (Å²) in [7, 11) is 1.59. The van der Waals surface area contributed by atoms with Gasteiger partial charge in [-0.25, -0.2) is 9.97 Å². The first-order valence-corrected chi connectivity index (χ1v) is 5.91. The minimum Gasteiger partial charge on any atom is -0.481 e. The first kappa shape index (κ1) is 10.2. The summed E-state index contributed by atoms with van der Waals surface area (Å²) in [5, 5.41) is 1.02. The maximum absolute atomic E-state index is 5.07. The number of fused-ring (bicyclic) bond motifs is 1. The number of H-pyrrole nitrogens is 1. The predicted molar refractivity (Wildman–Crippen MR) is 66.3 cm³/mol. The lowest BCUT2D eigenvalue weighted by Crippen LogP contribution is -1.86. The van der Waals surface area contributed by atoms with Gasteiger partial charge in [-0.15, -0.1) is 11.3 Å². The monoisotopic (exact) mass is 246 g/mol. The summed E-state index contributed by atoms with van der Waals surface area (Å²) in [5.74, 6) is 1.36. The average molecular weight is 246 g/mol. The molecule has 3 aromatic heterocycles. The zero-order valence-corrected chi connectivity index (χ0v) is 10.2. The van der Waals surface area contributed by atoms with E-state index < -0.39 is 0 Å². The van der Waals surface area contributed by atoms with Gasteiger partial charge in [-0.1, -0.05) is 0 Å². The molecular weight excluding hydrogens is 236 g/mol. The number of pyridine rings is 1. The van der Waals surface area contributed by atoms with Crippen molar-refractivity contribution in [2.45, 2.75) is 6.92 Å². The number of nitrogens with one attached hydrogen (secondary N) is 1. The molecule has 0 bridgehead atoms. The Morgan fingerprint density at radius 2 is 2.18 bits per heavy atom. The van der Waals surface area contributed by atoms with Crippen LogP contribution in [0.2, 0.25) is 0 Å². The zero-order chi connectivity index (χ0) is 11.8. The number of aryl methyl sites for hydroxylation is 1. The van der Waals surface area contributed by atoms with Gasteiger partial charge < -0.3 is 9.72 Å². The number of methoxy groups -OCH3 is 1. The van der Waals surface area contributed by atoms with Gasteiger partial charge in [-0.2, -0.15) is 4.98 Å². The molecule has 0 aliphatic rings. The molecule has 3 rings (SSSR count). The highest BCUT2D eigenvalue weighted by atomic mass is 32.1. The summed E-state index contributed by atoms with van der Waals surface area (Å²) in [6.45, 7) is 1.97. The van der Waals surface area contributed by atoms with Crippen molar-refractivity contribution in [2.75, 3.05) is 7.11 Å². The fourth-order valence-corrected chi connectivity index (χ4v) is 2.30. The quantitative estimate of drug-likeness (QED) is 0.754. The van der Waals surface area contributed by atoms with E-state index in [0.29, 0.717) is 11.5 Å². The highest BCUT2D eigenvalue weighted by molar-refractivity contribution is 7.14.